The van der Waals surface area contributed by atoms with Gasteiger partial charge in [0.2, 0.25) is 0 Å². The molecule has 3 aliphatic rings. The largest absolute Gasteiger partial charge is 0.477 e. The van der Waals surface area contributed by atoms with E-state index >= 15 is 0 Å². The number of carboxylic acid groups (broad SMARTS) is 1. The number of nitrogens with two attached hydrogens (primary N) is 1. The minimum atomic E-state index is -1.21. The third kappa shape index (κ3) is 4.59. The van der Waals surface area contributed by atoms with Crippen molar-refractivity contribution in [3.05, 3.63) is 34.5 Å². The monoisotopic (exact) mass is 494 g/mol. The summed E-state index contributed by atoms with van der Waals surface area (Å²) in [6.45, 7) is 0.782. The molecule has 1 aromatic heterocycles. The van der Waals surface area contributed by atoms with Crippen LogP contribution in [0.4, 0.5) is 5.13 Å². The van der Waals surface area contributed by atoms with Gasteiger partial charge in [-0.2, -0.15) is 5.06 Å². The number of oxime groups is 1. The molecular formula is C19H22N6O6S2. The van der Waals surface area contributed by atoms with Gasteiger partial charge in [0.15, 0.2) is 10.8 Å². The maximum atomic E-state index is 12.9. The second-order valence-electron chi connectivity index (χ2n) is 7.38. The summed E-state index contributed by atoms with van der Waals surface area (Å²) in [7, 11) is 3.11. The number of hydrogen-bond acceptors (Lipinski definition) is 11. The molecular weight excluding hydrogens is 472 g/mol. The number of fused-ring (bicyclic) bond motifs is 1. The van der Waals surface area contributed by atoms with Gasteiger partial charge < -0.3 is 21.0 Å². The SMILES string of the molecule is CO/N=C(\C(=O)N[C@@H]1C(=O)N2C(C(=O)O)=C(/C=C/[C@@H]3CCN(C)O3)CS[C@H]12)c1csc(N)n1. The Kier molecular flexibility index (Phi) is 6.69. The summed E-state index contributed by atoms with van der Waals surface area (Å²) in [4.78, 5) is 53.2. The number of hydrogen-bond donors (Lipinski definition) is 3. The fraction of sp³-hybridized carbons (Fsp3) is 0.421. The van der Waals surface area contributed by atoms with E-state index in [0.29, 0.717) is 11.3 Å². The fourth-order valence-corrected chi connectivity index (χ4v) is 5.54. The number of thioether (sulfide) groups is 1. The number of carbonyl (C=O) groups is 3. The molecule has 0 bridgehead atoms. The number of nitrogen functional groups attached to an aromatic ring is 1. The molecule has 2 amide bonds. The number of carboxylic acids is 1. The maximum absolute atomic E-state index is 12.9. The Hall–Kier alpha value is -2.94. The summed E-state index contributed by atoms with van der Waals surface area (Å²) in [6, 6.07) is -0.910. The van der Waals surface area contributed by atoms with E-state index in [1.165, 1.54) is 23.8 Å². The first-order valence-electron chi connectivity index (χ1n) is 9.90. The van der Waals surface area contributed by atoms with Crippen LogP contribution in [-0.4, -0.2) is 87.5 Å². The van der Waals surface area contributed by atoms with Crippen LogP contribution in [0.5, 0.6) is 0 Å². The smallest absolute Gasteiger partial charge is 0.352 e. The van der Waals surface area contributed by atoms with E-state index in [9.17, 15) is 19.5 Å². The predicted molar refractivity (Wildman–Crippen MR) is 121 cm³/mol. The lowest BCUT2D eigenvalue weighted by molar-refractivity contribution is -0.150. The zero-order valence-electron chi connectivity index (χ0n) is 17.8. The highest BCUT2D eigenvalue weighted by molar-refractivity contribution is 8.00. The average molecular weight is 495 g/mol. The molecule has 0 radical (unpaired) electrons. The number of anilines is 1. The summed E-state index contributed by atoms with van der Waals surface area (Å²) in [5.74, 6) is -2.03. The lowest BCUT2D eigenvalue weighted by Crippen LogP contribution is -2.71. The van der Waals surface area contributed by atoms with Crippen molar-refractivity contribution in [1.82, 2.24) is 20.3 Å². The molecule has 176 valence electrons. The van der Waals surface area contributed by atoms with Crippen molar-refractivity contribution in [2.75, 3.05) is 32.2 Å². The van der Waals surface area contributed by atoms with E-state index in [4.69, 9.17) is 15.4 Å². The molecule has 4 N–H and O–H groups in total. The van der Waals surface area contributed by atoms with Crippen LogP contribution in [0.1, 0.15) is 12.1 Å². The van der Waals surface area contributed by atoms with Crippen molar-refractivity contribution in [1.29, 1.82) is 0 Å². The fourth-order valence-electron chi connectivity index (χ4n) is 3.67. The Morgan fingerprint density at radius 1 is 1.48 bits per heavy atom. The summed E-state index contributed by atoms with van der Waals surface area (Å²) in [5, 5.41) is 19.1. The van der Waals surface area contributed by atoms with Crippen molar-refractivity contribution >= 4 is 51.7 Å². The van der Waals surface area contributed by atoms with Crippen LogP contribution in [0.2, 0.25) is 0 Å². The minimum Gasteiger partial charge on any atom is -0.477 e. The quantitative estimate of drug-likeness (QED) is 0.268. The number of aliphatic carboxylic acids is 1. The molecule has 3 atom stereocenters. The van der Waals surface area contributed by atoms with E-state index < -0.39 is 29.2 Å². The molecule has 0 saturated carbocycles. The van der Waals surface area contributed by atoms with Crippen LogP contribution in [0, 0.1) is 0 Å². The molecule has 0 aromatic carbocycles. The first-order chi connectivity index (χ1) is 15.8. The first-order valence-corrected chi connectivity index (χ1v) is 11.8. The standard InChI is InChI=1S/C19H22N6O6S2/c1-24-6-5-10(31-24)4-3-9-7-32-17-13(16(27)25(17)14(9)18(28)29)22-15(26)12(23-30-2)11-8-33-19(20)21-11/h3-4,8,10,13,17H,5-7H2,1-2H3,(H2,20,21)(H,22,26)(H,28,29)/b4-3+,23-12-/t10-,13-,17-/m1/s1. The number of carbonyl (C=O) groups excluding carboxylic acids is 2. The predicted octanol–water partition coefficient (Wildman–Crippen LogP) is 0.00630. The van der Waals surface area contributed by atoms with Crippen LogP contribution in [0.25, 0.3) is 0 Å². The highest BCUT2D eigenvalue weighted by Crippen LogP contribution is 2.40. The van der Waals surface area contributed by atoms with Crippen molar-refractivity contribution < 1.29 is 29.2 Å². The number of nitrogens with one attached hydrogen (secondary N) is 1. The molecule has 0 spiro atoms. The van der Waals surface area contributed by atoms with E-state index in [1.807, 2.05) is 7.05 Å². The number of aromatic nitrogens is 1. The van der Waals surface area contributed by atoms with Crippen molar-refractivity contribution in [3.8, 4) is 0 Å². The zero-order valence-corrected chi connectivity index (χ0v) is 19.4. The third-order valence-corrected chi connectivity index (χ3v) is 7.18. The van der Waals surface area contributed by atoms with Crippen LogP contribution >= 0.6 is 23.1 Å². The summed E-state index contributed by atoms with van der Waals surface area (Å²) < 4.78 is 0. The molecule has 3 aliphatic heterocycles. The Labute approximate surface area is 197 Å². The number of β-lactam (4-membered cyclic amide) rings is 1. The molecule has 2 fully saturated rings. The van der Waals surface area contributed by atoms with Crippen LogP contribution in [0.15, 0.2) is 34.0 Å². The molecule has 0 unspecified atom stereocenters. The van der Waals surface area contributed by atoms with Gasteiger partial charge in [-0.3, -0.25) is 19.3 Å². The lowest BCUT2D eigenvalue weighted by atomic mass is 10.0. The zero-order chi connectivity index (χ0) is 23.7. The molecule has 12 nitrogen and oxygen atoms in total. The van der Waals surface area contributed by atoms with Gasteiger partial charge in [0, 0.05) is 24.7 Å². The number of hydroxylamine groups is 2. The van der Waals surface area contributed by atoms with Crippen molar-refractivity contribution in [3.63, 3.8) is 0 Å². The molecule has 14 heteroatoms. The maximum Gasteiger partial charge on any atom is 0.352 e. The van der Waals surface area contributed by atoms with Gasteiger partial charge in [0.1, 0.15) is 29.9 Å². The Balaban J connectivity index is 1.50. The third-order valence-electron chi connectivity index (χ3n) is 5.21. The Bertz CT molecular complexity index is 1070. The first kappa shape index (κ1) is 23.2. The summed E-state index contributed by atoms with van der Waals surface area (Å²) in [5.41, 5.74) is 6.14. The van der Waals surface area contributed by atoms with Gasteiger partial charge in [-0.25, -0.2) is 9.78 Å². The van der Waals surface area contributed by atoms with Crippen LogP contribution < -0.4 is 11.1 Å². The Morgan fingerprint density at radius 3 is 2.88 bits per heavy atom. The van der Waals surface area contributed by atoms with Gasteiger partial charge in [-0.15, -0.1) is 23.1 Å². The van der Waals surface area contributed by atoms with Crippen LogP contribution in [-0.2, 0) is 24.1 Å². The van der Waals surface area contributed by atoms with E-state index in [1.54, 1.807) is 22.6 Å². The van der Waals surface area contributed by atoms with E-state index in [-0.39, 0.29) is 28.3 Å². The topological polar surface area (TPSA) is 160 Å². The van der Waals surface area contributed by atoms with Crippen LogP contribution in [0.3, 0.4) is 0 Å². The van der Waals surface area contributed by atoms with Gasteiger partial charge in [-0.05, 0) is 12.0 Å². The molecule has 4 rings (SSSR count). The molecule has 1 aromatic rings. The van der Waals surface area contributed by atoms with Crippen molar-refractivity contribution in [2.24, 2.45) is 5.16 Å². The molecule has 2 saturated heterocycles. The lowest BCUT2D eigenvalue weighted by Gasteiger charge is -2.49. The summed E-state index contributed by atoms with van der Waals surface area (Å²) >= 11 is 2.50. The highest BCUT2D eigenvalue weighted by Gasteiger charge is 2.54. The normalized spacial score (nSPS) is 25.9. The van der Waals surface area contributed by atoms with Gasteiger partial charge in [0.25, 0.3) is 11.8 Å². The summed E-state index contributed by atoms with van der Waals surface area (Å²) in [6.07, 6.45) is 4.16. The van der Waals surface area contributed by atoms with Gasteiger partial charge >= 0.3 is 5.97 Å². The molecule has 0 aliphatic carbocycles. The number of nitrogens with zero attached hydrogens (tertiary/aromatic N) is 4. The average Bonchev–Trinajstić information content (AvgIpc) is 3.40. The second kappa shape index (κ2) is 9.51. The van der Waals surface area contributed by atoms with Crippen molar-refractivity contribution in [2.45, 2.75) is 23.9 Å². The van der Waals surface area contributed by atoms with Gasteiger partial charge in [0.05, 0.1) is 6.10 Å². The van der Waals surface area contributed by atoms with Gasteiger partial charge in [-0.1, -0.05) is 17.3 Å². The minimum absolute atomic E-state index is 0.0880. The van der Waals surface area contributed by atoms with E-state index in [0.717, 1.165) is 24.3 Å². The molecule has 33 heavy (non-hydrogen) atoms. The molecule has 4 heterocycles. The Morgan fingerprint density at radius 2 is 2.27 bits per heavy atom. The number of amides is 2. The van der Waals surface area contributed by atoms with E-state index in [2.05, 4.69) is 15.5 Å². The second-order valence-corrected chi connectivity index (χ2v) is 9.37. The number of rotatable bonds is 7. The number of allylic oxidation sites excluding steroid dienone is 1. The number of thiazole rings is 1. The highest BCUT2D eigenvalue weighted by atomic mass is 32.2.